The van der Waals surface area contributed by atoms with E-state index in [0.717, 1.165) is 19.6 Å². The topological polar surface area (TPSA) is 65.5 Å². The third-order valence-corrected chi connectivity index (χ3v) is 5.39. The minimum atomic E-state index is -3.07. The van der Waals surface area contributed by atoms with Gasteiger partial charge in [-0.15, -0.1) is 0 Å². The van der Waals surface area contributed by atoms with Crippen LogP contribution in [0.2, 0.25) is 0 Å². The van der Waals surface area contributed by atoms with Crippen LogP contribution in [0.15, 0.2) is 18.5 Å². The molecule has 0 unspecified atom stereocenters. The smallest absolute Gasteiger partial charge is 0.211 e. The molecule has 7 heteroatoms. The maximum atomic E-state index is 11.6. The molecular weight excluding hydrogens is 288 g/mol. The van der Waals surface area contributed by atoms with Crippen molar-refractivity contribution in [2.45, 2.75) is 25.4 Å². The number of hydrogen-bond donors (Lipinski definition) is 1. The summed E-state index contributed by atoms with van der Waals surface area (Å²) in [6.07, 6.45) is 7.53. The van der Waals surface area contributed by atoms with Gasteiger partial charge >= 0.3 is 0 Å². The molecule has 1 N–H and O–H groups in total. The number of pyridine rings is 1. The number of hydrogen-bond acceptors (Lipinski definition) is 5. The Morgan fingerprint density at radius 2 is 2.00 bits per heavy atom. The van der Waals surface area contributed by atoms with Gasteiger partial charge in [-0.05, 0) is 18.9 Å². The minimum absolute atomic E-state index is 0.552. The van der Waals surface area contributed by atoms with E-state index in [2.05, 4.69) is 15.2 Å². The Kier molecular flexibility index (Phi) is 4.14. The molecule has 3 rings (SSSR count). The van der Waals surface area contributed by atoms with Crippen molar-refractivity contribution in [2.75, 3.05) is 37.3 Å². The summed E-state index contributed by atoms with van der Waals surface area (Å²) < 4.78 is 24.7. The second-order valence-corrected chi connectivity index (χ2v) is 7.79. The highest BCUT2D eigenvalue weighted by atomic mass is 32.2. The zero-order valence-electron chi connectivity index (χ0n) is 12.3. The lowest BCUT2D eigenvalue weighted by molar-refractivity contribution is 0.387. The van der Waals surface area contributed by atoms with Crippen LogP contribution in [0.1, 0.15) is 18.4 Å². The van der Waals surface area contributed by atoms with Crippen molar-refractivity contribution in [3.8, 4) is 0 Å². The number of nitrogens with one attached hydrogen (secondary N) is 1. The van der Waals surface area contributed by atoms with Gasteiger partial charge in [0, 0.05) is 62.4 Å². The molecule has 2 fully saturated rings. The Hall–Kier alpha value is -1.18. The predicted octanol–water partition coefficient (Wildman–Crippen LogP) is 0.415. The SMILES string of the molecule is CS(=O)(=O)N1CCN(c2ccncc2CNC2CC2)CC1. The Morgan fingerprint density at radius 1 is 1.29 bits per heavy atom. The van der Waals surface area contributed by atoms with Crippen LogP contribution in [-0.2, 0) is 16.6 Å². The van der Waals surface area contributed by atoms with E-state index < -0.39 is 10.0 Å². The van der Waals surface area contributed by atoms with Gasteiger partial charge in [-0.1, -0.05) is 0 Å². The lowest BCUT2D eigenvalue weighted by atomic mass is 10.2. The average Bonchev–Trinajstić information content (AvgIpc) is 3.29. The largest absolute Gasteiger partial charge is 0.369 e. The first-order valence-electron chi connectivity index (χ1n) is 7.40. The van der Waals surface area contributed by atoms with Crippen LogP contribution in [-0.4, -0.2) is 56.2 Å². The molecule has 1 saturated heterocycles. The van der Waals surface area contributed by atoms with Crippen LogP contribution in [0.5, 0.6) is 0 Å². The molecule has 0 aromatic carbocycles. The van der Waals surface area contributed by atoms with Crippen LogP contribution >= 0.6 is 0 Å². The molecule has 21 heavy (non-hydrogen) atoms. The van der Waals surface area contributed by atoms with E-state index in [1.165, 1.54) is 30.3 Å². The molecule has 1 aliphatic carbocycles. The monoisotopic (exact) mass is 310 g/mol. The molecule has 0 radical (unpaired) electrons. The van der Waals surface area contributed by atoms with Crippen molar-refractivity contribution in [3.63, 3.8) is 0 Å². The summed E-state index contributed by atoms with van der Waals surface area (Å²) in [7, 11) is -3.07. The van der Waals surface area contributed by atoms with Gasteiger partial charge in [0.25, 0.3) is 0 Å². The van der Waals surface area contributed by atoms with Crippen LogP contribution in [0.4, 0.5) is 5.69 Å². The zero-order valence-corrected chi connectivity index (χ0v) is 13.1. The summed E-state index contributed by atoms with van der Waals surface area (Å²) in [6.45, 7) is 3.40. The van der Waals surface area contributed by atoms with Gasteiger partial charge in [0.15, 0.2) is 0 Å². The van der Waals surface area contributed by atoms with E-state index in [9.17, 15) is 8.42 Å². The van der Waals surface area contributed by atoms with Crippen molar-refractivity contribution in [1.82, 2.24) is 14.6 Å². The van der Waals surface area contributed by atoms with Crippen LogP contribution in [0.25, 0.3) is 0 Å². The Balaban J connectivity index is 1.66. The Morgan fingerprint density at radius 3 is 2.62 bits per heavy atom. The van der Waals surface area contributed by atoms with Crippen molar-refractivity contribution in [2.24, 2.45) is 0 Å². The highest BCUT2D eigenvalue weighted by molar-refractivity contribution is 7.88. The molecule has 116 valence electrons. The molecule has 0 bridgehead atoms. The number of anilines is 1. The van der Waals surface area contributed by atoms with Gasteiger partial charge in [-0.2, -0.15) is 4.31 Å². The van der Waals surface area contributed by atoms with Gasteiger partial charge in [-0.25, -0.2) is 8.42 Å². The molecule has 1 saturated carbocycles. The first-order valence-corrected chi connectivity index (χ1v) is 9.25. The summed E-state index contributed by atoms with van der Waals surface area (Å²) in [5.41, 5.74) is 2.36. The van der Waals surface area contributed by atoms with Crippen molar-refractivity contribution < 1.29 is 8.42 Å². The molecule has 6 nitrogen and oxygen atoms in total. The minimum Gasteiger partial charge on any atom is -0.369 e. The molecule has 1 aromatic heterocycles. The summed E-state index contributed by atoms with van der Waals surface area (Å²) >= 11 is 0. The first kappa shape index (κ1) is 14.7. The number of rotatable bonds is 5. The fraction of sp³-hybridized carbons (Fsp3) is 0.643. The van der Waals surface area contributed by atoms with Gasteiger partial charge in [0.05, 0.1) is 6.26 Å². The van der Waals surface area contributed by atoms with E-state index in [1.807, 2.05) is 12.3 Å². The fourth-order valence-electron chi connectivity index (χ4n) is 2.67. The van der Waals surface area contributed by atoms with E-state index >= 15 is 0 Å². The first-order chi connectivity index (χ1) is 10.0. The molecule has 0 atom stereocenters. The molecular formula is C14H22N4O2S. The van der Waals surface area contributed by atoms with Gasteiger partial charge in [0.1, 0.15) is 0 Å². The number of sulfonamides is 1. The van der Waals surface area contributed by atoms with E-state index in [0.29, 0.717) is 19.1 Å². The maximum absolute atomic E-state index is 11.6. The van der Waals surface area contributed by atoms with E-state index in [-0.39, 0.29) is 0 Å². The number of piperazine rings is 1. The summed E-state index contributed by atoms with van der Waals surface area (Å²) in [5, 5.41) is 3.51. The van der Waals surface area contributed by atoms with E-state index in [1.54, 1.807) is 10.5 Å². The summed E-state index contributed by atoms with van der Waals surface area (Å²) in [6, 6.07) is 2.69. The summed E-state index contributed by atoms with van der Waals surface area (Å²) in [5.74, 6) is 0. The highest BCUT2D eigenvalue weighted by Crippen LogP contribution is 2.24. The Bertz CT molecular complexity index is 593. The van der Waals surface area contributed by atoms with Crippen molar-refractivity contribution in [1.29, 1.82) is 0 Å². The van der Waals surface area contributed by atoms with Crippen LogP contribution < -0.4 is 10.2 Å². The van der Waals surface area contributed by atoms with E-state index in [4.69, 9.17) is 0 Å². The lowest BCUT2D eigenvalue weighted by Crippen LogP contribution is -2.48. The standard InChI is InChI=1S/C14H22N4O2S/c1-21(19,20)18-8-6-17(7-9-18)14-4-5-15-10-12(14)11-16-13-2-3-13/h4-5,10,13,16H,2-3,6-9,11H2,1H3. The van der Waals surface area contributed by atoms with Crippen LogP contribution in [0, 0.1) is 0 Å². The summed E-state index contributed by atoms with van der Waals surface area (Å²) in [4.78, 5) is 6.48. The van der Waals surface area contributed by atoms with Crippen molar-refractivity contribution in [3.05, 3.63) is 24.0 Å². The van der Waals surface area contributed by atoms with Gasteiger partial charge in [0.2, 0.25) is 10.0 Å². The highest BCUT2D eigenvalue weighted by Gasteiger charge is 2.25. The second kappa shape index (κ2) is 5.90. The molecule has 0 amide bonds. The fourth-order valence-corrected chi connectivity index (χ4v) is 3.49. The number of nitrogens with zero attached hydrogens (tertiary/aromatic N) is 3. The predicted molar refractivity (Wildman–Crippen MR) is 82.7 cm³/mol. The zero-order chi connectivity index (χ0) is 14.9. The average molecular weight is 310 g/mol. The normalized spacial score (nSPS) is 20.7. The third kappa shape index (κ3) is 3.72. The van der Waals surface area contributed by atoms with Crippen LogP contribution in [0.3, 0.4) is 0 Å². The van der Waals surface area contributed by atoms with Gasteiger partial charge < -0.3 is 10.2 Å². The van der Waals surface area contributed by atoms with Gasteiger partial charge in [-0.3, -0.25) is 4.98 Å². The molecule has 0 spiro atoms. The molecule has 2 aliphatic rings. The maximum Gasteiger partial charge on any atom is 0.211 e. The molecule has 2 heterocycles. The third-order valence-electron chi connectivity index (χ3n) is 4.08. The number of aromatic nitrogens is 1. The van der Waals surface area contributed by atoms with Crippen molar-refractivity contribution >= 4 is 15.7 Å². The Labute approximate surface area is 126 Å². The quantitative estimate of drug-likeness (QED) is 0.853. The molecule has 1 aromatic rings. The molecule has 1 aliphatic heterocycles. The lowest BCUT2D eigenvalue weighted by Gasteiger charge is -2.35. The second-order valence-electron chi connectivity index (χ2n) is 5.81.